The van der Waals surface area contributed by atoms with Gasteiger partial charge in [-0.3, -0.25) is 4.79 Å². The lowest BCUT2D eigenvalue weighted by atomic mass is 10.4. The highest BCUT2D eigenvalue weighted by Crippen LogP contribution is 2.24. The Kier molecular flexibility index (Phi) is 4.99. The second-order valence-corrected chi connectivity index (χ2v) is 7.45. The summed E-state index contributed by atoms with van der Waals surface area (Å²) in [5, 5.41) is 3.08. The first kappa shape index (κ1) is 12.7. The maximum atomic E-state index is 11.8. The number of thioether (sulfide) groups is 2. The van der Waals surface area contributed by atoms with E-state index in [-0.39, 0.29) is 11.2 Å². The van der Waals surface area contributed by atoms with E-state index < -0.39 is 0 Å². The molecule has 1 fully saturated rings. The highest BCUT2D eigenvalue weighted by molar-refractivity contribution is 9.10. The van der Waals surface area contributed by atoms with Gasteiger partial charge in [0, 0.05) is 17.3 Å². The SMILES string of the molecule is O=C(NCc1sncc1Br)C1CSCCS1. The van der Waals surface area contributed by atoms with E-state index >= 15 is 0 Å². The maximum absolute atomic E-state index is 11.8. The lowest BCUT2D eigenvalue weighted by molar-refractivity contribution is -0.120. The summed E-state index contributed by atoms with van der Waals surface area (Å²) >= 11 is 8.43. The first-order valence-electron chi connectivity index (χ1n) is 4.83. The number of carbonyl (C=O) groups is 1. The molecule has 0 radical (unpaired) electrons. The largest absolute Gasteiger partial charge is 0.350 e. The Labute approximate surface area is 115 Å². The van der Waals surface area contributed by atoms with Crippen molar-refractivity contribution in [3.8, 4) is 0 Å². The molecule has 1 N–H and O–H groups in total. The predicted octanol–water partition coefficient (Wildman–Crippen LogP) is 2.37. The molecular weight excluding hydrogens is 328 g/mol. The Balaban J connectivity index is 1.81. The van der Waals surface area contributed by atoms with E-state index in [1.54, 1.807) is 18.0 Å². The van der Waals surface area contributed by atoms with E-state index in [0.29, 0.717) is 6.54 Å². The molecule has 16 heavy (non-hydrogen) atoms. The van der Waals surface area contributed by atoms with E-state index in [1.165, 1.54) is 11.5 Å². The molecule has 0 saturated carbocycles. The fourth-order valence-electron chi connectivity index (χ4n) is 1.29. The number of hydrogen-bond acceptors (Lipinski definition) is 5. The van der Waals surface area contributed by atoms with Gasteiger partial charge in [-0.1, -0.05) is 0 Å². The number of amides is 1. The van der Waals surface area contributed by atoms with Crippen molar-refractivity contribution in [3.05, 3.63) is 15.5 Å². The molecule has 1 unspecified atom stereocenters. The van der Waals surface area contributed by atoms with Crippen LogP contribution in [0.4, 0.5) is 0 Å². The summed E-state index contributed by atoms with van der Waals surface area (Å²) < 4.78 is 5.02. The molecule has 1 aliphatic heterocycles. The number of halogens is 1. The van der Waals surface area contributed by atoms with Gasteiger partial charge in [0.15, 0.2) is 0 Å². The molecule has 1 saturated heterocycles. The number of hydrogen-bond donors (Lipinski definition) is 1. The van der Waals surface area contributed by atoms with Gasteiger partial charge >= 0.3 is 0 Å². The lowest BCUT2D eigenvalue weighted by Gasteiger charge is -2.19. The lowest BCUT2D eigenvalue weighted by Crippen LogP contribution is -2.35. The quantitative estimate of drug-likeness (QED) is 0.918. The van der Waals surface area contributed by atoms with Crippen molar-refractivity contribution in [1.29, 1.82) is 0 Å². The molecule has 1 aromatic heterocycles. The number of rotatable bonds is 3. The Morgan fingerprint density at radius 2 is 2.50 bits per heavy atom. The van der Waals surface area contributed by atoms with Crippen molar-refractivity contribution >= 4 is 56.9 Å². The summed E-state index contributed by atoms with van der Waals surface area (Å²) in [5.74, 6) is 3.32. The molecule has 1 atom stereocenters. The zero-order valence-electron chi connectivity index (χ0n) is 8.44. The summed E-state index contributed by atoms with van der Waals surface area (Å²) in [6.07, 6.45) is 1.76. The average Bonchev–Trinajstić information content (AvgIpc) is 2.73. The van der Waals surface area contributed by atoms with Gasteiger partial charge in [0.05, 0.1) is 27.3 Å². The second kappa shape index (κ2) is 6.28. The van der Waals surface area contributed by atoms with E-state index in [9.17, 15) is 4.79 Å². The summed E-state index contributed by atoms with van der Waals surface area (Å²) in [7, 11) is 0. The highest BCUT2D eigenvalue weighted by atomic mass is 79.9. The van der Waals surface area contributed by atoms with Gasteiger partial charge in [-0.05, 0) is 27.5 Å². The summed E-state index contributed by atoms with van der Waals surface area (Å²) in [4.78, 5) is 12.9. The topological polar surface area (TPSA) is 42.0 Å². The first-order chi connectivity index (χ1) is 7.77. The van der Waals surface area contributed by atoms with Gasteiger partial charge in [-0.2, -0.15) is 16.1 Å². The van der Waals surface area contributed by atoms with Crippen molar-refractivity contribution in [1.82, 2.24) is 9.69 Å². The molecular formula is C9H11BrN2OS3. The van der Waals surface area contributed by atoms with Crippen molar-refractivity contribution in [2.45, 2.75) is 11.8 Å². The standard InChI is InChI=1S/C9H11BrN2OS3/c10-6-3-12-16-7(6)4-11-9(13)8-5-14-1-2-15-8/h3,8H,1-2,4-5H2,(H,11,13). The van der Waals surface area contributed by atoms with Gasteiger partial charge in [0.2, 0.25) is 5.91 Å². The van der Waals surface area contributed by atoms with Crippen LogP contribution in [0.1, 0.15) is 4.88 Å². The van der Waals surface area contributed by atoms with Crippen LogP contribution >= 0.6 is 51.0 Å². The van der Waals surface area contributed by atoms with Crippen molar-refractivity contribution in [2.24, 2.45) is 0 Å². The molecule has 1 aliphatic rings. The zero-order chi connectivity index (χ0) is 11.4. The minimum absolute atomic E-state index is 0.116. The molecule has 2 heterocycles. The third kappa shape index (κ3) is 3.38. The predicted molar refractivity (Wildman–Crippen MR) is 75.2 cm³/mol. The first-order valence-corrected chi connectivity index (χ1v) is 8.60. The highest BCUT2D eigenvalue weighted by Gasteiger charge is 2.21. The number of nitrogens with one attached hydrogen (secondary N) is 1. The van der Waals surface area contributed by atoms with Crippen LogP contribution in [0.2, 0.25) is 0 Å². The van der Waals surface area contributed by atoms with Crippen LogP contribution in [-0.2, 0) is 11.3 Å². The van der Waals surface area contributed by atoms with Gasteiger partial charge < -0.3 is 5.32 Å². The Morgan fingerprint density at radius 3 is 3.12 bits per heavy atom. The van der Waals surface area contributed by atoms with E-state index in [2.05, 4.69) is 25.6 Å². The third-order valence-electron chi connectivity index (χ3n) is 2.13. The van der Waals surface area contributed by atoms with Crippen molar-refractivity contribution in [2.75, 3.05) is 17.3 Å². The Bertz CT molecular complexity index is 365. The molecule has 0 aromatic carbocycles. The molecule has 7 heteroatoms. The molecule has 0 bridgehead atoms. The molecule has 2 rings (SSSR count). The van der Waals surface area contributed by atoms with Gasteiger partial charge in [-0.15, -0.1) is 11.8 Å². The van der Waals surface area contributed by atoms with Crippen LogP contribution < -0.4 is 5.32 Å². The molecule has 0 aliphatic carbocycles. The minimum atomic E-state index is 0.116. The molecule has 1 amide bonds. The Hall–Kier alpha value is 0.280. The monoisotopic (exact) mass is 338 g/mol. The van der Waals surface area contributed by atoms with E-state index in [4.69, 9.17) is 0 Å². The molecule has 0 spiro atoms. The van der Waals surface area contributed by atoms with Crippen LogP contribution in [0.5, 0.6) is 0 Å². The molecule has 88 valence electrons. The van der Waals surface area contributed by atoms with Crippen LogP contribution in [0.3, 0.4) is 0 Å². The Morgan fingerprint density at radius 1 is 1.62 bits per heavy atom. The molecule has 3 nitrogen and oxygen atoms in total. The second-order valence-electron chi connectivity index (χ2n) is 3.25. The minimum Gasteiger partial charge on any atom is -0.350 e. The fraction of sp³-hybridized carbons (Fsp3) is 0.556. The van der Waals surface area contributed by atoms with Crippen molar-refractivity contribution in [3.63, 3.8) is 0 Å². The summed E-state index contributed by atoms with van der Waals surface area (Å²) in [6.45, 7) is 0.575. The van der Waals surface area contributed by atoms with E-state index in [1.807, 2.05) is 11.8 Å². The summed E-state index contributed by atoms with van der Waals surface area (Å²) in [5.41, 5.74) is 0. The number of aromatic nitrogens is 1. The number of nitrogens with zero attached hydrogens (tertiary/aromatic N) is 1. The fourth-order valence-corrected chi connectivity index (χ4v) is 5.03. The third-order valence-corrected chi connectivity index (χ3v) is 6.62. The summed E-state index contributed by atoms with van der Waals surface area (Å²) in [6, 6.07) is 0. The van der Waals surface area contributed by atoms with E-state index in [0.717, 1.165) is 26.6 Å². The van der Waals surface area contributed by atoms with Crippen LogP contribution in [-0.4, -0.2) is 32.8 Å². The van der Waals surface area contributed by atoms with Gasteiger partial charge in [0.25, 0.3) is 0 Å². The zero-order valence-corrected chi connectivity index (χ0v) is 12.5. The molecule has 1 aromatic rings. The van der Waals surface area contributed by atoms with Crippen LogP contribution in [0, 0.1) is 0 Å². The van der Waals surface area contributed by atoms with Gasteiger partial charge in [0.1, 0.15) is 0 Å². The smallest absolute Gasteiger partial charge is 0.234 e. The normalized spacial score (nSPS) is 20.7. The van der Waals surface area contributed by atoms with Crippen molar-refractivity contribution < 1.29 is 4.79 Å². The van der Waals surface area contributed by atoms with Crippen LogP contribution in [0.25, 0.3) is 0 Å². The maximum Gasteiger partial charge on any atom is 0.234 e. The number of carbonyl (C=O) groups excluding carboxylic acids is 1. The van der Waals surface area contributed by atoms with Gasteiger partial charge in [-0.25, -0.2) is 0 Å². The average molecular weight is 339 g/mol. The van der Waals surface area contributed by atoms with Crippen LogP contribution in [0.15, 0.2) is 10.7 Å².